The second-order valence-corrected chi connectivity index (χ2v) is 6.35. The maximum absolute atomic E-state index is 11.1. The largest absolute Gasteiger partial charge is 0.301 e. The van der Waals surface area contributed by atoms with Crippen molar-refractivity contribution < 1.29 is 4.79 Å². The van der Waals surface area contributed by atoms with Crippen LogP contribution in [0.15, 0.2) is 0 Å². The van der Waals surface area contributed by atoms with Crippen LogP contribution in [0, 0.1) is 0 Å². The Hall–Kier alpha value is 0.370. The highest BCUT2D eigenvalue weighted by atomic mass is 32.2. The molecule has 0 unspecified atom stereocenters. The second kappa shape index (κ2) is 7.74. The van der Waals surface area contributed by atoms with E-state index in [9.17, 15) is 4.79 Å². The van der Waals surface area contributed by atoms with Crippen molar-refractivity contribution >= 4 is 29.8 Å². The van der Waals surface area contributed by atoms with Crippen LogP contribution in [-0.4, -0.2) is 21.9 Å². The zero-order valence-electron chi connectivity index (χ0n) is 8.84. The van der Waals surface area contributed by atoms with E-state index in [2.05, 4.69) is 20.8 Å². The van der Waals surface area contributed by atoms with E-state index in [-0.39, 0.29) is 4.08 Å². The predicted octanol–water partition coefficient (Wildman–Crippen LogP) is 3.58. The van der Waals surface area contributed by atoms with Gasteiger partial charge in [-0.15, -0.1) is 23.5 Å². The first-order chi connectivity index (χ1) is 6.24. The molecule has 0 bridgehead atoms. The third-order valence-corrected chi connectivity index (χ3v) is 4.70. The first-order valence-corrected chi connectivity index (χ1v) is 6.96. The summed E-state index contributed by atoms with van der Waals surface area (Å²) in [6, 6.07) is 0. The van der Waals surface area contributed by atoms with Gasteiger partial charge in [0.2, 0.25) is 0 Å². The summed E-state index contributed by atoms with van der Waals surface area (Å²) in [5.41, 5.74) is 0. The first-order valence-electron chi connectivity index (χ1n) is 4.98. The second-order valence-electron chi connectivity index (χ2n) is 2.90. The van der Waals surface area contributed by atoms with Crippen molar-refractivity contribution in [1.29, 1.82) is 0 Å². The fourth-order valence-electron chi connectivity index (χ4n) is 1.22. The zero-order valence-corrected chi connectivity index (χ0v) is 10.5. The van der Waals surface area contributed by atoms with Crippen LogP contribution in [0.2, 0.25) is 0 Å². The highest BCUT2D eigenvalue weighted by Crippen LogP contribution is 2.39. The van der Waals surface area contributed by atoms with Gasteiger partial charge in [-0.25, -0.2) is 0 Å². The molecule has 0 radical (unpaired) electrons. The Morgan fingerprint density at radius 3 is 2.00 bits per heavy atom. The Morgan fingerprint density at radius 2 is 1.69 bits per heavy atom. The van der Waals surface area contributed by atoms with Crippen LogP contribution >= 0.6 is 23.5 Å². The highest BCUT2D eigenvalue weighted by Gasteiger charge is 2.28. The predicted molar refractivity (Wildman–Crippen MR) is 64.6 cm³/mol. The molecule has 3 heteroatoms. The molecule has 0 fully saturated rings. The molecule has 0 N–H and O–H groups in total. The fourth-order valence-corrected chi connectivity index (χ4v) is 3.96. The SMILES string of the molecule is CCCCC(C=O)(SCC)SCC. The van der Waals surface area contributed by atoms with Gasteiger partial charge < -0.3 is 4.79 Å². The van der Waals surface area contributed by atoms with Crippen LogP contribution in [0.4, 0.5) is 0 Å². The Bertz CT molecular complexity index is 131. The summed E-state index contributed by atoms with van der Waals surface area (Å²) < 4.78 is -0.153. The van der Waals surface area contributed by atoms with E-state index in [1.165, 1.54) is 6.42 Å². The van der Waals surface area contributed by atoms with Crippen LogP contribution < -0.4 is 0 Å². The molecule has 1 nitrogen and oxygen atoms in total. The number of aldehydes is 1. The Labute approximate surface area is 90.4 Å². The smallest absolute Gasteiger partial charge is 0.146 e. The summed E-state index contributed by atoms with van der Waals surface area (Å²) in [7, 11) is 0. The van der Waals surface area contributed by atoms with Gasteiger partial charge in [-0.1, -0.05) is 33.6 Å². The summed E-state index contributed by atoms with van der Waals surface area (Å²) in [6.45, 7) is 6.40. The molecule has 0 aliphatic rings. The molecule has 0 aliphatic heterocycles. The first kappa shape index (κ1) is 13.4. The minimum Gasteiger partial charge on any atom is -0.301 e. The average Bonchev–Trinajstić information content (AvgIpc) is 2.15. The molecule has 13 heavy (non-hydrogen) atoms. The van der Waals surface area contributed by atoms with E-state index in [0.29, 0.717) is 0 Å². The number of hydrogen-bond donors (Lipinski definition) is 0. The summed E-state index contributed by atoms with van der Waals surface area (Å²) in [4.78, 5) is 11.1. The molecule has 0 heterocycles. The van der Waals surface area contributed by atoms with Crippen LogP contribution in [0.5, 0.6) is 0 Å². The third-order valence-electron chi connectivity index (χ3n) is 1.84. The molecular formula is C10H20OS2. The lowest BCUT2D eigenvalue weighted by Crippen LogP contribution is -2.22. The van der Waals surface area contributed by atoms with E-state index < -0.39 is 0 Å². The topological polar surface area (TPSA) is 17.1 Å². The minimum atomic E-state index is -0.153. The van der Waals surface area contributed by atoms with Crippen molar-refractivity contribution in [2.75, 3.05) is 11.5 Å². The van der Waals surface area contributed by atoms with E-state index in [1.807, 2.05) is 0 Å². The number of rotatable bonds is 8. The van der Waals surface area contributed by atoms with Gasteiger partial charge in [0.1, 0.15) is 10.4 Å². The van der Waals surface area contributed by atoms with Crippen molar-refractivity contribution in [3.63, 3.8) is 0 Å². The zero-order chi connectivity index (χ0) is 10.2. The Balaban J connectivity index is 4.16. The Morgan fingerprint density at radius 1 is 1.15 bits per heavy atom. The van der Waals surface area contributed by atoms with Gasteiger partial charge >= 0.3 is 0 Å². The molecule has 0 aliphatic carbocycles. The van der Waals surface area contributed by atoms with Crippen molar-refractivity contribution in [2.24, 2.45) is 0 Å². The number of carbonyl (C=O) groups is 1. The van der Waals surface area contributed by atoms with Crippen molar-refractivity contribution in [2.45, 2.75) is 44.1 Å². The quantitative estimate of drug-likeness (QED) is 0.460. The average molecular weight is 220 g/mol. The summed E-state index contributed by atoms with van der Waals surface area (Å²) >= 11 is 3.57. The van der Waals surface area contributed by atoms with Gasteiger partial charge in [-0.2, -0.15) is 0 Å². The number of hydrogen-bond acceptors (Lipinski definition) is 3. The minimum absolute atomic E-state index is 0.153. The van der Waals surface area contributed by atoms with Crippen molar-refractivity contribution in [3.05, 3.63) is 0 Å². The molecule has 0 spiro atoms. The molecule has 0 aromatic carbocycles. The highest BCUT2D eigenvalue weighted by molar-refractivity contribution is 8.19. The van der Waals surface area contributed by atoms with Crippen LogP contribution in [0.3, 0.4) is 0 Å². The summed E-state index contributed by atoms with van der Waals surface area (Å²) in [6.07, 6.45) is 4.48. The number of thioether (sulfide) groups is 2. The Kier molecular flexibility index (Phi) is 7.96. The van der Waals surface area contributed by atoms with Gasteiger partial charge in [-0.3, -0.25) is 0 Å². The molecule has 78 valence electrons. The van der Waals surface area contributed by atoms with E-state index >= 15 is 0 Å². The molecule has 0 aromatic heterocycles. The lowest BCUT2D eigenvalue weighted by Gasteiger charge is -2.25. The van der Waals surface area contributed by atoms with Gasteiger partial charge in [0.05, 0.1) is 0 Å². The maximum atomic E-state index is 11.1. The van der Waals surface area contributed by atoms with Crippen molar-refractivity contribution in [3.8, 4) is 0 Å². The van der Waals surface area contributed by atoms with E-state index in [4.69, 9.17) is 0 Å². The molecular weight excluding hydrogens is 200 g/mol. The van der Waals surface area contributed by atoms with E-state index in [1.54, 1.807) is 23.5 Å². The standard InChI is InChI=1S/C10H20OS2/c1-4-7-8-10(9-11,12-5-2)13-6-3/h9H,4-8H2,1-3H3. The van der Waals surface area contributed by atoms with Gasteiger partial charge in [0.25, 0.3) is 0 Å². The summed E-state index contributed by atoms with van der Waals surface area (Å²) in [5.74, 6) is 2.05. The van der Waals surface area contributed by atoms with Crippen molar-refractivity contribution in [1.82, 2.24) is 0 Å². The molecule has 0 atom stereocenters. The summed E-state index contributed by atoms with van der Waals surface area (Å²) in [5, 5.41) is 0. The normalized spacial score (nSPS) is 11.6. The maximum Gasteiger partial charge on any atom is 0.146 e. The van der Waals surface area contributed by atoms with Gasteiger partial charge in [-0.05, 0) is 17.9 Å². The molecule has 0 rings (SSSR count). The van der Waals surface area contributed by atoms with Gasteiger partial charge in [0.15, 0.2) is 0 Å². The molecule has 0 amide bonds. The third kappa shape index (κ3) is 4.96. The lowest BCUT2D eigenvalue weighted by atomic mass is 10.2. The monoisotopic (exact) mass is 220 g/mol. The molecule has 0 aromatic rings. The van der Waals surface area contributed by atoms with E-state index in [0.717, 1.165) is 30.6 Å². The number of carbonyl (C=O) groups excluding carboxylic acids is 1. The molecule has 0 saturated heterocycles. The molecule has 0 saturated carbocycles. The van der Waals surface area contributed by atoms with Gasteiger partial charge in [0, 0.05) is 0 Å². The van der Waals surface area contributed by atoms with Crippen LogP contribution in [0.25, 0.3) is 0 Å². The lowest BCUT2D eigenvalue weighted by molar-refractivity contribution is -0.108. The number of unbranched alkanes of at least 4 members (excludes halogenated alkanes) is 1. The van der Waals surface area contributed by atoms with Crippen LogP contribution in [-0.2, 0) is 4.79 Å². The van der Waals surface area contributed by atoms with Crippen LogP contribution in [0.1, 0.15) is 40.0 Å². The fraction of sp³-hybridized carbons (Fsp3) is 0.900.